The summed E-state index contributed by atoms with van der Waals surface area (Å²) in [6.45, 7) is 5.05. The molecule has 9 nitrogen and oxygen atoms in total. The number of carbonyl (C=O) groups excluding carboxylic acids is 2. The van der Waals surface area contributed by atoms with Crippen LogP contribution in [0.2, 0.25) is 10.0 Å². The van der Waals surface area contributed by atoms with E-state index in [0.717, 1.165) is 4.31 Å². The second-order valence-electron chi connectivity index (χ2n) is 9.88. The molecule has 0 bridgehead atoms. The van der Waals surface area contributed by atoms with Crippen molar-refractivity contribution in [2.45, 2.75) is 57.1 Å². The number of rotatable bonds is 14. The molecule has 0 saturated carbocycles. The molecule has 2 amide bonds. The summed E-state index contributed by atoms with van der Waals surface area (Å²) >= 11 is 12.4. The van der Waals surface area contributed by atoms with Crippen LogP contribution in [-0.4, -0.2) is 58.0 Å². The summed E-state index contributed by atoms with van der Waals surface area (Å²) in [5.41, 5.74) is 0.906. The Morgan fingerprint density at radius 2 is 1.56 bits per heavy atom. The summed E-state index contributed by atoms with van der Waals surface area (Å²) in [5, 5.41) is 3.59. The van der Waals surface area contributed by atoms with E-state index in [1.165, 1.54) is 37.3 Å². The maximum Gasteiger partial charge on any atom is 0.264 e. The van der Waals surface area contributed by atoms with E-state index in [-0.39, 0.29) is 34.8 Å². The minimum atomic E-state index is -4.29. The first kappa shape index (κ1) is 34.0. The zero-order valence-electron chi connectivity index (χ0n) is 24.8. The molecule has 43 heavy (non-hydrogen) atoms. The molecule has 232 valence electrons. The Labute approximate surface area is 263 Å². The fourth-order valence-electron chi connectivity index (χ4n) is 4.42. The lowest BCUT2D eigenvalue weighted by Gasteiger charge is -2.33. The molecule has 0 aliphatic heterocycles. The first-order valence-corrected chi connectivity index (χ1v) is 16.0. The third-order valence-corrected chi connectivity index (χ3v) is 9.50. The molecule has 0 radical (unpaired) electrons. The van der Waals surface area contributed by atoms with Gasteiger partial charge < -0.3 is 19.7 Å². The Balaban J connectivity index is 2.09. The smallest absolute Gasteiger partial charge is 0.264 e. The van der Waals surface area contributed by atoms with Gasteiger partial charge in [-0.05, 0) is 61.7 Å². The maximum atomic E-state index is 14.2. The number of carbonyl (C=O) groups is 2. The minimum Gasteiger partial charge on any atom is -0.493 e. The van der Waals surface area contributed by atoms with Gasteiger partial charge in [-0.2, -0.15) is 0 Å². The molecule has 0 aliphatic rings. The van der Waals surface area contributed by atoms with Gasteiger partial charge >= 0.3 is 0 Å². The highest BCUT2D eigenvalue weighted by molar-refractivity contribution is 7.92. The van der Waals surface area contributed by atoms with Crippen molar-refractivity contribution in [3.05, 3.63) is 82.3 Å². The lowest BCUT2D eigenvalue weighted by atomic mass is 10.1. The number of methoxy groups -OCH3 is 2. The molecule has 0 unspecified atom stereocenters. The van der Waals surface area contributed by atoms with Crippen LogP contribution >= 0.6 is 23.2 Å². The van der Waals surface area contributed by atoms with Crippen LogP contribution in [0.4, 0.5) is 5.69 Å². The van der Waals surface area contributed by atoms with E-state index >= 15 is 0 Å². The summed E-state index contributed by atoms with van der Waals surface area (Å²) in [6.07, 6.45) is 0.997. The topological polar surface area (TPSA) is 105 Å². The normalized spacial score (nSPS) is 12.6. The van der Waals surface area contributed by atoms with Gasteiger partial charge in [0.25, 0.3) is 10.0 Å². The average molecular weight is 651 g/mol. The minimum absolute atomic E-state index is 0.00118. The van der Waals surface area contributed by atoms with Crippen LogP contribution < -0.4 is 19.1 Å². The predicted molar refractivity (Wildman–Crippen MR) is 170 cm³/mol. The van der Waals surface area contributed by atoms with Gasteiger partial charge in [-0.15, -0.1) is 0 Å². The number of anilines is 1. The summed E-state index contributed by atoms with van der Waals surface area (Å²) < 4.78 is 39.8. The lowest BCUT2D eigenvalue weighted by molar-refractivity contribution is -0.140. The molecule has 0 heterocycles. The summed E-state index contributed by atoms with van der Waals surface area (Å²) in [6, 6.07) is 16.5. The molecule has 3 rings (SSSR count). The highest BCUT2D eigenvalue weighted by Crippen LogP contribution is 2.32. The summed E-state index contributed by atoms with van der Waals surface area (Å²) in [7, 11) is -1.43. The molecule has 12 heteroatoms. The number of ether oxygens (including phenoxy) is 2. The lowest BCUT2D eigenvalue weighted by Crippen LogP contribution is -2.53. The number of nitrogens with zero attached hydrogens (tertiary/aromatic N) is 2. The van der Waals surface area contributed by atoms with Gasteiger partial charge in [-0.1, -0.05) is 61.3 Å². The number of para-hydroxylation sites is 1. The fourth-order valence-corrected chi connectivity index (χ4v) is 6.17. The Morgan fingerprint density at radius 1 is 0.884 bits per heavy atom. The maximum absolute atomic E-state index is 14.2. The highest BCUT2D eigenvalue weighted by atomic mass is 35.5. The number of hydrogen-bond donors (Lipinski definition) is 1. The SMILES string of the molecule is CC[C@@H](C)NC(=O)[C@H](CC)N(Cc1ccc(Cl)c(Cl)c1)C(=O)CN(c1ccccc1)S(=O)(=O)c1ccc(OC)c(OC)c1. The van der Waals surface area contributed by atoms with E-state index in [9.17, 15) is 18.0 Å². The number of hydrogen-bond acceptors (Lipinski definition) is 6. The van der Waals surface area contributed by atoms with Gasteiger partial charge in [0.2, 0.25) is 11.8 Å². The number of nitrogens with one attached hydrogen (secondary N) is 1. The fraction of sp³-hybridized carbons (Fsp3) is 0.355. The van der Waals surface area contributed by atoms with Crippen molar-refractivity contribution in [3.63, 3.8) is 0 Å². The van der Waals surface area contributed by atoms with Crippen molar-refractivity contribution in [2.24, 2.45) is 0 Å². The molecule has 0 aliphatic carbocycles. The molecular formula is C31H37Cl2N3O6S. The van der Waals surface area contributed by atoms with E-state index in [4.69, 9.17) is 32.7 Å². The van der Waals surface area contributed by atoms with Crippen LogP contribution in [0.1, 0.15) is 39.2 Å². The van der Waals surface area contributed by atoms with Crippen LogP contribution in [-0.2, 0) is 26.2 Å². The summed E-state index contributed by atoms with van der Waals surface area (Å²) in [5.74, 6) is -0.337. The molecule has 3 aromatic carbocycles. The van der Waals surface area contributed by atoms with Crippen LogP contribution in [0.15, 0.2) is 71.6 Å². The van der Waals surface area contributed by atoms with Gasteiger partial charge in [0, 0.05) is 18.7 Å². The van der Waals surface area contributed by atoms with Gasteiger partial charge in [-0.3, -0.25) is 13.9 Å². The molecule has 1 N–H and O–H groups in total. The Morgan fingerprint density at radius 3 is 2.14 bits per heavy atom. The van der Waals surface area contributed by atoms with E-state index in [0.29, 0.717) is 34.2 Å². The predicted octanol–water partition coefficient (Wildman–Crippen LogP) is 5.93. The van der Waals surface area contributed by atoms with Crippen molar-refractivity contribution in [2.75, 3.05) is 25.1 Å². The van der Waals surface area contributed by atoms with Crippen LogP contribution in [0.25, 0.3) is 0 Å². The van der Waals surface area contributed by atoms with Gasteiger partial charge in [0.1, 0.15) is 12.6 Å². The Hall–Kier alpha value is -3.47. The first-order valence-electron chi connectivity index (χ1n) is 13.8. The zero-order chi connectivity index (χ0) is 31.7. The highest BCUT2D eigenvalue weighted by Gasteiger charge is 2.34. The van der Waals surface area contributed by atoms with Crippen molar-refractivity contribution in [1.82, 2.24) is 10.2 Å². The standard InChI is InChI=1S/C31H37Cl2N3O6S/c1-6-21(3)34-31(38)27(7-2)35(19-22-13-15-25(32)26(33)17-22)30(37)20-36(23-11-9-8-10-12-23)43(39,40)24-14-16-28(41-4)29(18-24)42-5/h8-18,21,27H,6-7,19-20H2,1-5H3,(H,34,38)/t21-,27+/m1/s1. The van der Waals surface area contributed by atoms with Crippen molar-refractivity contribution >= 4 is 50.7 Å². The van der Waals surface area contributed by atoms with E-state index in [1.807, 2.05) is 13.8 Å². The number of halogens is 2. The first-order chi connectivity index (χ1) is 20.5. The molecule has 0 fully saturated rings. The quantitative estimate of drug-likeness (QED) is 0.232. The van der Waals surface area contributed by atoms with E-state index < -0.39 is 28.5 Å². The second-order valence-corrected chi connectivity index (χ2v) is 12.6. The monoisotopic (exact) mass is 649 g/mol. The van der Waals surface area contributed by atoms with Crippen molar-refractivity contribution in [3.8, 4) is 11.5 Å². The Kier molecular flexibility index (Phi) is 12.1. The average Bonchev–Trinajstić information content (AvgIpc) is 3.01. The largest absolute Gasteiger partial charge is 0.493 e. The third-order valence-electron chi connectivity index (χ3n) is 6.99. The molecule has 0 spiro atoms. The molecular weight excluding hydrogens is 613 g/mol. The third kappa shape index (κ3) is 8.34. The Bertz CT molecular complexity index is 1520. The number of amides is 2. The van der Waals surface area contributed by atoms with Crippen LogP contribution in [0.5, 0.6) is 11.5 Å². The van der Waals surface area contributed by atoms with E-state index in [2.05, 4.69) is 5.32 Å². The molecule has 3 aromatic rings. The van der Waals surface area contributed by atoms with Crippen LogP contribution in [0.3, 0.4) is 0 Å². The number of benzene rings is 3. The van der Waals surface area contributed by atoms with Crippen LogP contribution in [0, 0.1) is 0 Å². The molecule has 0 saturated heterocycles. The zero-order valence-corrected chi connectivity index (χ0v) is 27.2. The van der Waals surface area contributed by atoms with Gasteiger partial charge in [-0.25, -0.2) is 8.42 Å². The number of sulfonamides is 1. The van der Waals surface area contributed by atoms with Gasteiger partial charge in [0.05, 0.1) is 34.8 Å². The summed E-state index contributed by atoms with van der Waals surface area (Å²) in [4.78, 5) is 28.9. The van der Waals surface area contributed by atoms with Crippen molar-refractivity contribution in [1.29, 1.82) is 0 Å². The molecule has 2 atom stereocenters. The van der Waals surface area contributed by atoms with Gasteiger partial charge in [0.15, 0.2) is 11.5 Å². The molecule has 0 aromatic heterocycles. The van der Waals surface area contributed by atoms with Crippen molar-refractivity contribution < 1.29 is 27.5 Å². The van der Waals surface area contributed by atoms with E-state index in [1.54, 1.807) is 55.5 Å². The second kappa shape index (κ2) is 15.3.